The Bertz CT molecular complexity index is 1290. The lowest BCUT2D eigenvalue weighted by atomic mass is 9.91. The summed E-state index contributed by atoms with van der Waals surface area (Å²) >= 11 is 0. The number of piperidine rings is 1. The number of pyridine rings is 2. The fourth-order valence-electron chi connectivity index (χ4n) is 5.20. The minimum atomic E-state index is -0.764. The third kappa shape index (κ3) is 4.27. The number of hydrogen-bond acceptors (Lipinski definition) is 9. The van der Waals surface area contributed by atoms with Gasteiger partial charge in [0.1, 0.15) is 19.3 Å². The number of likely N-dealkylation sites (tertiary alicyclic amines) is 1. The molecule has 10 heteroatoms. The summed E-state index contributed by atoms with van der Waals surface area (Å²) in [6.45, 7) is 3.37. The van der Waals surface area contributed by atoms with Crippen molar-refractivity contribution in [1.82, 2.24) is 14.9 Å². The van der Waals surface area contributed by atoms with Gasteiger partial charge in [-0.3, -0.25) is 14.8 Å². The number of nitrogens with zero attached hydrogens (tertiary/aromatic N) is 4. The van der Waals surface area contributed by atoms with Crippen molar-refractivity contribution in [2.24, 2.45) is 5.92 Å². The number of aliphatic hydroxyl groups is 1. The highest BCUT2D eigenvalue weighted by molar-refractivity contribution is 5.89. The van der Waals surface area contributed by atoms with Crippen molar-refractivity contribution < 1.29 is 28.8 Å². The normalized spacial score (nSPS) is 22.6. The van der Waals surface area contributed by atoms with Gasteiger partial charge in [-0.1, -0.05) is 0 Å². The van der Waals surface area contributed by atoms with Gasteiger partial charge in [0.25, 0.3) is 0 Å². The van der Waals surface area contributed by atoms with Gasteiger partial charge in [-0.2, -0.15) is 0 Å². The van der Waals surface area contributed by atoms with Crippen LogP contribution in [-0.4, -0.2) is 78.7 Å². The standard InChI is InChI=1S/C26H28N4O6/c1-33-24-5-3-19-25(28-24)18(6-8-27-19)20(31)14-29-9-7-16-13-30(26(32)36-23(16)15-29)17-2-4-21-22(12-17)35-11-10-34-21/h2-6,8,12,16,20,23,31H,7,9-11,13-15H2,1H3. The molecule has 1 aromatic carbocycles. The van der Waals surface area contributed by atoms with Crippen LogP contribution < -0.4 is 19.1 Å². The van der Waals surface area contributed by atoms with Crippen molar-refractivity contribution in [1.29, 1.82) is 0 Å². The predicted molar refractivity (Wildman–Crippen MR) is 131 cm³/mol. The number of ether oxygens (including phenoxy) is 4. The first-order valence-electron chi connectivity index (χ1n) is 12.2. The molecular formula is C26H28N4O6. The third-order valence-electron chi connectivity index (χ3n) is 7.10. The van der Waals surface area contributed by atoms with Crippen LogP contribution in [0.5, 0.6) is 17.4 Å². The fourth-order valence-corrected chi connectivity index (χ4v) is 5.20. The number of methoxy groups -OCH3 is 1. The fraction of sp³-hybridized carbons (Fsp3) is 0.423. The molecule has 1 N–H and O–H groups in total. The number of rotatable bonds is 5. The Kier molecular flexibility index (Phi) is 5.98. The minimum absolute atomic E-state index is 0.206. The summed E-state index contributed by atoms with van der Waals surface area (Å²) in [7, 11) is 1.56. The maximum absolute atomic E-state index is 12.9. The highest BCUT2D eigenvalue weighted by atomic mass is 16.6. The number of carbonyl (C=O) groups is 1. The van der Waals surface area contributed by atoms with E-state index in [0.29, 0.717) is 66.8 Å². The molecular weight excluding hydrogens is 464 g/mol. The smallest absolute Gasteiger partial charge is 0.414 e. The van der Waals surface area contributed by atoms with E-state index in [1.807, 2.05) is 24.3 Å². The van der Waals surface area contributed by atoms with Crippen LogP contribution in [0.3, 0.4) is 0 Å². The van der Waals surface area contributed by atoms with Crippen molar-refractivity contribution in [3.8, 4) is 17.4 Å². The molecule has 2 saturated heterocycles. The summed E-state index contributed by atoms with van der Waals surface area (Å²) in [6.07, 6.45) is 1.18. The van der Waals surface area contributed by atoms with Gasteiger partial charge >= 0.3 is 6.09 Å². The number of amides is 1. The second-order valence-corrected chi connectivity index (χ2v) is 9.31. The Balaban J connectivity index is 1.13. The van der Waals surface area contributed by atoms with E-state index in [-0.39, 0.29) is 18.1 Å². The van der Waals surface area contributed by atoms with Crippen LogP contribution in [0.2, 0.25) is 0 Å². The summed E-state index contributed by atoms with van der Waals surface area (Å²) in [4.78, 5) is 25.6. The van der Waals surface area contributed by atoms with Crippen molar-refractivity contribution in [2.75, 3.05) is 51.4 Å². The van der Waals surface area contributed by atoms with Crippen molar-refractivity contribution >= 4 is 22.8 Å². The van der Waals surface area contributed by atoms with Crippen LogP contribution in [-0.2, 0) is 4.74 Å². The predicted octanol–water partition coefficient (Wildman–Crippen LogP) is 2.79. The van der Waals surface area contributed by atoms with Gasteiger partial charge in [0.2, 0.25) is 5.88 Å². The second kappa shape index (κ2) is 9.44. The summed E-state index contributed by atoms with van der Waals surface area (Å²) in [6, 6.07) is 10.9. The average molecular weight is 493 g/mol. The lowest BCUT2D eigenvalue weighted by Crippen LogP contribution is -2.56. The Hall–Kier alpha value is -3.63. The highest BCUT2D eigenvalue weighted by Gasteiger charge is 2.40. The SMILES string of the molecule is COc1ccc2nccc(C(O)CN3CCC4CN(c5ccc6c(c5)OCCO6)C(=O)OC4C3)c2n1. The van der Waals surface area contributed by atoms with Crippen molar-refractivity contribution in [2.45, 2.75) is 18.6 Å². The molecule has 1 amide bonds. The van der Waals surface area contributed by atoms with Gasteiger partial charge in [0.05, 0.1) is 29.9 Å². The molecule has 6 rings (SSSR count). The number of β-amino-alcohol motifs (C(OH)–C–C–N with tert-alkyl or cyclic N) is 1. The number of carbonyl (C=O) groups excluding carboxylic acids is 1. The largest absolute Gasteiger partial charge is 0.486 e. The first-order valence-corrected chi connectivity index (χ1v) is 12.2. The zero-order chi connectivity index (χ0) is 24.6. The molecule has 2 fully saturated rings. The topological polar surface area (TPSA) is 106 Å². The van der Waals surface area contributed by atoms with E-state index in [2.05, 4.69) is 14.9 Å². The Morgan fingerprint density at radius 3 is 2.86 bits per heavy atom. The van der Waals surface area contributed by atoms with Gasteiger partial charge in [-0.25, -0.2) is 9.78 Å². The summed E-state index contributed by atoms with van der Waals surface area (Å²) in [5, 5.41) is 11.1. The van der Waals surface area contributed by atoms with Crippen LogP contribution in [0.15, 0.2) is 42.6 Å². The number of aliphatic hydroxyl groups excluding tert-OH is 1. The molecule has 188 valence electrons. The molecule has 10 nitrogen and oxygen atoms in total. The average Bonchev–Trinajstić information content (AvgIpc) is 2.91. The molecule has 0 saturated carbocycles. The van der Waals surface area contributed by atoms with Crippen LogP contribution in [0.1, 0.15) is 18.1 Å². The molecule has 2 aromatic heterocycles. The Morgan fingerprint density at radius 2 is 2.00 bits per heavy atom. The molecule has 5 heterocycles. The molecule has 3 aromatic rings. The second-order valence-electron chi connectivity index (χ2n) is 9.31. The zero-order valence-corrected chi connectivity index (χ0v) is 20.0. The lowest BCUT2D eigenvalue weighted by molar-refractivity contribution is -0.0185. The minimum Gasteiger partial charge on any atom is -0.486 e. The van der Waals surface area contributed by atoms with E-state index in [4.69, 9.17) is 18.9 Å². The molecule has 3 aliphatic rings. The summed E-state index contributed by atoms with van der Waals surface area (Å²) < 4.78 is 22.4. The number of benzene rings is 1. The van der Waals surface area contributed by atoms with Crippen molar-refractivity contribution in [3.63, 3.8) is 0 Å². The Labute approximate surface area is 208 Å². The highest BCUT2D eigenvalue weighted by Crippen LogP contribution is 2.37. The third-order valence-corrected chi connectivity index (χ3v) is 7.10. The van der Waals surface area contributed by atoms with E-state index < -0.39 is 6.10 Å². The van der Waals surface area contributed by atoms with Gasteiger partial charge in [0.15, 0.2) is 11.5 Å². The van der Waals surface area contributed by atoms with Crippen LogP contribution in [0.25, 0.3) is 11.0 Å². The van der Waals surface area contributed by atoms with E-state index in [9.17, 15) is 9.90 Å². The maximum Gasteiger partial charge on any atom is 0.414 e. The molecule has 3 unspecified atom stereocenters. The van der Waals surface area contributed by atoms with E-state index in [1.54, 1.807) is 30.3 Å². The van der Waals surface area contributed by atoms with E-state index >= 15 is 0 Å². The monoisotopic (exact) mass is 492 g/mol. The molecule has 0 radical (unpaired) electrons. The first kappa shape index (κ1) is 22.8. The van der Waals surface area contributed by atoms with Gasteiger partial charge in [-0.05, 0) is 37.2 Å². The number of anilines is 1. The zero-order valence-electron chi connectivity index (χ0n) is 20.0. The van der Waals surface area contributed by atoms with Crippen LogP contribution in [0, 0.1) is 5.92 Å². The molecule has 0 aliphatic carbocycles. The van der Waals surface area contributed by atoms with E-state index in [0.717, 1.165) is 18.7 Å². The summed E-state index contributed by atoms with van der Waals surface area (Å²) in [5.41, 5.74) is 2.77. The van der Waals surface area contributed by atoms with Crippen LogP contribution >= 0.6 is 0 Å². The molecule has 3 atom stereocenters. The molecule has 0 bridgehead atoms. The number of fused-ring (bicyclic) bond motifs is 3. The molecule has 0 spiro atoms. The quantitative estimate of drug-likeness (QED) is 0.575. The van der Waals surface area contributed by atoms with E-state index in [1.165, 1.54) is 0 Å². The number of hydrogen-bond donors (Lipinski definition) is 1. The molecule has 3 aliphatic heterocycles. The molecule has 36 heavy (non-hydrogen) atoms. The van der Waals surface area contributed by atoms with Crippen molar-refractivity contribution in [3.05, 3.63) is 48.2 Å². The Morgan fingerprint density at radius 1 is 1.14 bits per heavy atom. The number of aromatic nitrogens is 2. The van der Waals surface area contributed by atoms with Crippen LogP contribution in [0.4, 0.5) is 10.5 Å². The maximum atomic E-state index is 12.9. The first-order chi connectivity index (χ1) is 17.6. The lowest BCUT2D eigenvalue weighted by Gasteiger charge is -2.44. The van der Waals surface area contributed by atoms with Gasteiger partial charge < -0.3 is 24.1 Å². The summed E-state index contributed by atoms with van der Waals surface area (Å²) in [5.74, 6) is 2.02. The van der Waals surface area contributed by atoms with Gasteiger partial charge in [-0.15, -0.1) is 0 Å². The van der Waals surface area contributed by atoms with Gasteiger partial charge in [0, 0.05) is 49.4 Å².